The summed E-state index contributed by atoms with van der Waals surface area (Å²) in [7, 11) is -1.28. The first-order valence-electron chi connectivity index (χ1n) is 11.5. The van der Waals surface area contributed by atoms with Crippen LogP contribution in [0.2, 0.25) is 5.04 Å². The van der Waals surface area contributed by atoms with Crippen molar-refractivity contribution in [3.05, 3.63) is 102 Å². The fourth-order valence-corrected chi connectivity index (χ4v) is 9.38. The van der Waals surface area contributed by atoms with Crippen molar-refractivity contribution >= 4 is 24.7 Å². The van der Waals surface area contributed by atoms with Crippen LogP contribution in [0.5, 0.6) is 5.75 Å². The number of esters is 1. The Balaban J connectivity index is 1.87. The van der Waals surface area contributed by atoms with Gasteiger partial charge in [0.2, 0.25) is 0 Å². The smallest absolute Gasteiger partial charge is 0.333 e. The fraction of sp³-hybridized carbons (Fsp3) is 0.276. The Morgan fingerprint density at radius 2 is 1.45 bits per heavy atom. The third kappa shape index (κ3) is 4.40. The highest BCUT2D eigenvalue weighted by atomic mass is 28.4. The number of rotatable bonds is 5. The SMILES string of the molecule is COC(=O)C1=CCCc2c(cccc2O[Si](c2ccccc2)(c2ccccc2)C(C)(C)C)C1. The Morgan fingerprint density at radius 1 is 0.848 bits per heavy atom. The minimum absolute atomic E-state index is 0.113. The van der Waals surface area contributed by atoms with Crippen molar-refractivity contribution in [2.45, 2.75) is 45.1 Å². The topological polar surface area (TPSA) is 35.5 Å². The maximum Gasteiger partial charge on any atom is 0.333 e. The summed E-state index contributed by atoms with van der Waals surface area (Å²) in [6, 6.07) is 27.6. The van der Waals surface area contributed by atoms with Gasteiger partial charge >= 0.3 is 14.3 Å². The Labute approximate surface area is 198 Å². The first-order valence-corrected chi connectivity index (χ1v) is 13.5. The largest absolute Gasteiger partial charge is 0.534 e. The summed E-state index contributed by atoms with van der Waals surface area (Å²) in [6.45, 7) is 6.87. The summed E-state index contributed by atoms with van der Waals surface area (Å²) in [5.41, 5.74) is 3.05. The van der Waals surface area contributed by atoms with Crippen LogP contribution in [-0.2, 0) is 22.4 Å². The van der Waals surface area contributed by atoms with Crippen LogP contribution in [-0.4, -0.2) is 21.4 Å². The molecule has 0 N–H and O–H groups in total. The molecule has 170 valence electrons. The zero-order valence-corrected chi connectivity index (χ0v) is 20.9. The summed E-state index contributed by atoms with van der Waals surface area (Å²) in [4.78, 5) is 12.2. The van der Waals surface area contributed by atoms with Gasteiger partial charge in [-0.1, -0.05) is 99.6 Å². The Morgan fingerprint density at radius 3 is 2.00 bits per heavy atom. The second-order valence-corrected chi connectivity index (χ2v) is 13.8. The van der Waals surface area contributed by atoms with Crippen molar-refractivity contribution in [3.63, 3.8) is 0 Å². The molecule has 4 rings (SSSR count). The van der Waals surface area contributed by atoms with Gasteiger partial charge in [-0.3, -0.25) is 0 Å². The van der Waals surface area contributed by atoms with Crippen LogP contribution in [0.4, 0.5) is 0 Å². The summed E-state index contributed by atoms with van der Waals surface area (Å²) >= 11 is 0. The zero-order chi connectivity index (χ0) is 23.5. The van der Waals surface area contributed by atoms with Gasteiger partial charge in [-0.15, -0.1) is 0 Å². The molecule has 0 radical (unpaired) electrons. The van der Waals surface area contributed by atoms with E-state index in [1.54, 1.807) is 0 Å². The lowest BCUT2D eigenvalue weighted by molar-refractivity contribution is -0.136. The minimum atomic E-state index is -2.72. The van der Waals surface area contributed by atoms with E-state index in [9.17, 15) is 4.79 Å². The van der Waals surface area contributed by atoms with Gasteiger partial charge in [0, 0.05) is 12.0 Å². The molecule has 3 aromatic rings. The molecular formula is C29H32O3Si. The van der Waals surface area contributed by atoms with E-state index in [0.29, 0.717) is 6.42 Å². The van der Waals surface area contributed by atoms with Crippen molar-refractivity contribution in [2.75, 3.05) is 7.11 Å². The number of ether oxygens (including phenoxy) is 1. The van der Waals surface area contributed by atoms with Crippen LogP contribution in [0.3, 0.4) is 0 Å². The van der Waals surface area contributed by atoms with Crippen LogP contribution < -0.4 is 14.8 Å². The molecular weight excluding hydrogens is 424 g/mol. The second kappa shape index (κ2) is 9.40. The number of benzene rings is 3. The molecule has 0 amide bonds. The van der Waals surface area contributed by atoms with Crippen molar-refractivity contribution in [3.8, 4) is 5.75 Å². The molecule has 0 aliphatic heterocycles. The average molecular weight is 457 g/mol. The molecule has 0 spiro atoms. The van der Waals surface area contributed by atoms with Gasteiger partial charge in [-0.25, -0.2) is 4.79 Å². The van der Waals surface area contributed by atoms with E-state index in [1.807, 2.05) is 12.1 Å². The first-order chi connectivity index (χ1) is 15.9. The van der Waals surface area contributed by atoms with E-state index in [4.69, 9.17) is 9.16 Å². The molecule has 0 atom stereocenters. The normalized spacial score (nSPS) is 14.0. The zero-order valence-electron chi connectivity index (χ0n) is 19.9. The number of hydrogen-bond acceptors (Lipinski definition) is 3. The van der Waals surface area contributed by atoms with Crippen molar-refractivity contribution in [1.82, 2.24) is 0 Å². The highest BCUT2D eigenvalue weighted by Gasteiger charge is 2.52. The Hall–Kier alpha value is -3.11. The van der Waals surface area contributed by atoms with Gasteiger partial charge in [-0.2, -0.15) is 0 Å². The quantitative estimate of drug-likeness (QED) is 0.390. The molecule has 0 bridgehead atoms. The summed E-state index contributed by atoms with van der Waals surface area (Å²) in [6.07, 6.45) is 4.21. The van der Waals surface area contributed by atoms with Crippen LogP contribution in [0.25, 0.3) is 0 Å². The lowest BCUT2D eigenvalue weighted by Gasteiger charge is -2.43. The number of carbonyl (C=O) groups excluding carboxylic acids is 1. The van der Waals surface area contributed by atoms with Crippen LogP contribution in [0, 0.1) is 0 Å². The van der Waals surface area contributed by atoms with Crippen molar-refractivity contribution < 1.29 is 14.0 Å². The third-order valence-electron chi connectivity index (χ3n) is 6.52. The van der Waals surface area contributed by atoms with E-state index in [2.05, 4.69) is 93.6 Å². The molecule has 33 heavy (non-hydrogen) atoms. The van der Waals surface area contributed by atoms with Gasteiger partial charge in [0.05, 0.1) is 7.11 Å². The van der Waals surface area contributed by atoms with Crippen molar-refractivity contribution in [1.29, 1.82) is 0 Å². The van der Waals surface area contributed by atoms with Gasteiger partial charge in [0.1, 0.15) is 5.75 Å². The molecule has 3 aromatic carbocycles. The second-order valence-electron chi connectivity index (χ2n) is 9.60. The molecule has 3 nitrogen and oxygen atoms in total. The highest BCUT2D eigenvalue weighted by molar-refractivity contribution is 7.00. The predicted octanol–water partition coefficient (Wildman–Crippen LogP) is 5.21. The number of allylic oxidation sites excluding steroid dienone is 1. The van der Waals surface area contributed by atoms with E-state index in [1.165, 1.54) is 23.0 Å². The molecule has 1 aliphatic carbocycles. The maximum atomic E-state index is 12.2. The van der Waals surface area contributed by atoms with Gasteiger partial charge in [0.15, 0.2) is 0 Å². The van der Waals surface area contributed by atoms with Crippen LogP contribution in [0.15, 0.2) is 90.5 Å². The third-order valence-corrected chi connectivity index (χ3v) is 11.5. The Kier molecular flexibility index (Phi) is 6.57. The number of hydrogen-bond donors (Lipinski definition) is 0. The number of methoxy groups -OCH3 is 1. The average Bonchev–Trinajstić information content (AvgIpc) is 3.05. The fourth-order valence-electron chi connectivity index (χ4n) is 4.93. The lowest BCUT2D eigenvalue weighted by atomic mass is 10.00. The number of carbonyl (C=O) groups is 1. The summed E-state index contributed by atoms with van der Waals surface area (Å²) < 4.78 is 12.3. The Bertz CT molecular complexity index is 1100. The molecule has 0 fully saturated rings. The molecule has 0 unspecified atom stereocenters. The summed E-state index contributed by atoms with van der Waals surface area (Å²) in [5, 5.41) is 2.39. The standard InChI is InChI=1S/C29H32O3Si/c1-29(2,3)33(24-15-7-5-8-16-24,25-17-9-6-10-18-25)32-27-20-12-13-22-21-23(28(30)31-4)14-11-19-26(22)27/h5-10,12-18,20H,11,19,21H2,1-4H3. The molecule has 4 heteroatoms. The van der Waals surface area contributed by atoms with E-state index < -0.39 is 8.32 Å². The maximum absolute atomic E-state index is 12.2. The van der Waals surface area contributed by atoms with Gasteiger partial charge in [0.25, 0.3) is 0 Å². The van der Waals surface area contributed by atoms with Gasteiger partial charge in [-0.05, 0) is 45.4 Å². The van der Waals surface area contributed by atoms with E-state index >= 15 is 0 Å². The predicted molar refractivity (Wildman–Crippen MR) is 137 cm³/mol. The molecule has 0 aromatic heterocycles. The molecule has 0 saturated heterocycles. The first kappa shape index (κ1) is 23.1. The monoisotopic (exact) mass is 456 g/mol. The minimum Gasteiger partial charge on any atom is -0.534 e. The lowest BCUT2D eigenvalue weighted by Crippen LogP contribution is -2.68. The van der Waals surface area contributed by atoms with E-state index in [-0.39, 0.29) is 11.0 Å². The van der Waals surface area contributed by atoms with Gasteiger partial charge < -0.3 is 9.16 Å². The molecule has 1 aliphatic rings. The summed E-state index contributed by atoms with van der Waals surface area (Å²) in [5.74, 6) is 0.683. The van der Waals surface area contributed by atoms with Crippen LogP contribution >= 0.6 is 0 Å². The number of fused-ring (bicyclic) bond motifs is 1. The van der Waals surface area contributed by atoms with Crippen LogP contribution in [0.1, 0.15) is 38.3 Å². The highest BCUT2D eigenvalue weighted by Crippen LogP contribution is 2.39. The van der Waals surface area contributed by atoms with Crippen molar-refractivity contribution in [2.24, 2.45) is 0 Å². The van der Waals surface area contributed by atoms with E-state index in [0.717, 1.165) is 29.7 Å². The molecule has 0 saturated carbocycles. The molecule has 0 heterocycles.